The summed E-state index contributed by atoms with van der Waals surface area (Å²) in [5, 5.41) is 0. The van der Waals surface area contributed by atoms with Crippen LogP contribution in [0, 0.1) is 55.4 Å². The molecule has 0 unspecified atom stereocenters. The number of para-hydroxylation sites is 8. The molecule has 0 aliphatic carbocycles. The molecule has 0 amide bonds. The van der Waals surface area contributed by atoms with Gasteiger partial charge in [0.25, 0.3) is 0 Å². The van der Waals surface area contributed by atoms with Crippen LogP contribution in [0.2, 0.25) is 0 Å². The number of anilines is 8. The van der Waals surface area contributed by atoms with Gasteiger partial charge in [0.15, 0.2) is 0 Å². The quantitative estimate of drug-likeness (QED) is 0.0817. The van der Waals surface area contributed by atoms with Gasteiger partial charge in [-0.15, -0.1) is 0 Å². The van der Waals surface area contributed by atoms with Gasteiger partial charge in [-0.05, 0) is 148 Å². The fourth-order valence-corrected chi connectivity index (χ4v) is 9.39. The summed E-state index contributed by atoms with van der Waals surface area (Å²) in [6, 6.07) is 65.0. The van der Waals surface area contributed by atoms with E-state index in [2.05, 4.69) is 104 Å². The molecule has 8 rings (SSSR count). The molecule has 0 saturated carbocycles. The second-order valence-corrected chi connectivity index (χ2v) is 20.8. The van der Waals surface area contributed by atoms with Gasteiger partial charge < -0.3 is 119 Å². The van der Waals surface area contributed by atoms with Gasteiger partial charge in [0.1, 0.15) is 0 Å². The van der Waals surface area contributed by atoms with Crippen molar-refractivity contribution in [3.05, 3.63) is 239 Å². The molecule has 0 aromatic heterocycles. The minimum absolute atomic E-state index is 0. The molecule has 370 valence electrons. The molecule has 8 aromatic carbocycles. The summed E-state index contributed by atoms with van der Waals surface area (Å²) in [4.78, 5) is 7.81. The van der Waals surface area contributed by atoms with Gasteiger partial charge in [0.2, 0.25) is 0 Å². The minimum Gasteiger partial charge on any atom is -0.411 e. The second kappa shape index (κ2) is 29.7. The Bertz CT molecular complexity index is 2560. The van der Waals surface area contributed by atoms with Crippen LogP contribution in [0.15, 0.2) is 194 Å². The van der Waals surface area contributed by atoms with E-state index < -0.39 is 0 Å². The number of thiocarbonyl (C=S) groups is 4. The molecule has 0 radical (unpaired) electrons. The summed E-state index contributed by atoms with van der Waals surface area (Å²) in [7, 11) is 0. The first-order valence-electron chi connectivity index (χ1n) is 22.9. The van der Waals surface area contributed by atoms with Crippen LogP contribution in [0.3, 0.4) is 0 Å². The Morgan fingerprint density at radius 2 is 0.329 bits per heavy atom. The molecule has 0 fully saturated rings. The van der Waals surface area contributed by atoms with Crippen LogP contribution in [-0.2, 0) is 71.6 Å². The Hall–Kier alpha value is -5.11. The molecule has 8 aromatic rings. The normalized spacial score (nSPS) is 9.97. The standard InChI is InChI=1S/4C15H15NS2.Mo/c4*1-11-7-3-5-9-13(11)16(15(17)18)14-10-6-4-8-12(14)2;/h4*3-10H,1-2H3,(H,17,18);/q;;;;+4/p-4. The van der Waals surface area contributed by atoms with E-state index in [1.54, 1.807) is 0 Å². The molecule has 4 nitrogen and oxygen atoms in total. The summed E-state index contributed by atoms with van der Waals surface area (Å²) in [5.41, 5.74) is 17.7. The zero-order valence-electron chi connectivity index (χ0n) is 41.9. The molecule has 0 atom stereocenters. The van der Waals surface area contributed by atoms with Crippen LogP contribution in [-0.4, -0.2) is 17.3 Å². The number of benzene rings is 8. The largest absolute Gasteiger partial charge is 4.00 e. The maximum absolute atomic E-state index is 5.24. The summed E-state index contributed by atoms with van der Waals surface area (Å²) in [5.74, 6) is 0. The van der Waals surface area contributed by atoms with E-state index in [9.17, 15) is 0 Å². The van der Waals surface area contributed by atoms with Gasteiger partial charge in [-0.25, -0.2) is 0 Å². The second-order valence-electron chi connectivity index (χ2n) is 16.7. The van der Waals surface area contributed by atoms with Gasteiger partial charge in [-0.1, -0.05) is 163 Å². The summed E-state index contributed by atoms with van der Waals surface area (Å²) in [6.07, 6.45) is 0. The van der Waals surface area contributed by atoms with E-state index >= 15 is 0 Å². The zero-order chi connectivity index (χ0) is 52.5. The van der Waals surface area contributed by atoms with E-state index in [1.807, 2.05) is 165 Å². The third-order valence-electron chi connectivity index (χ3n) is 11.6. The molecule has 73 heavy (non-hydrogen) atoms. The smallest absolute Gasteiger partial charge is 0.411 e. The van der Waals surface area contributed by atoms with Crippen LogP contribution >= 0.6 is 48.9 Å². The first kappa shape index (κ1) is 60.4. The van der Waals surface area contributed by atoms with Crippen LogP contribution in [0.25, 0.3) is 0 Å². The van der Waals surface area contributed by atoms with E-state index in [0.717, 1.165) is 90.0 Å². The van der Waals surface area contributed by atoms with Crippen molar-refractivity contribution in [1.82, 2.24) is 0 Å². The van der Waals surface area contributed by atoms with E-state index in [-0.39, 0.29) is 21.1 Å². The molecule has 0 spiro atoms. The van der Waals surface area contributed by atoms with Crippen molar-refractivity contribution in [1.29, 1.82) is 0 Å². The summed E-state index contributed by atoms with van der Waals surface area (Å²) >= 11 is 41.9. The van der Waals surface area contributed by atoms with Crippen molar-refractivity contribution < 1.29 is 21.1 Å². The average molecular weight is 1190 g/mol. The average Bonchev–Trinajstić information content (AvgIpc) is 3.34. The van der Waals surface area contributed by atoms with Crippen LogP contribution in [0.4, 0.5) is 45.5 Å². The van der Waals surface area contributed by atoms with Crippen molar-refractivity contribution in [2.24, 2.45) is 0 Å². The first-order valence-corrected chi connectivity index (χ1v) is 26.2. The first-order chi connectivity index (χ1) is 34.4. The molecule has 0 bridgehead atoms. The number of rotatable bonds is 8. The van der Waals surface area contributed by atoms with Crippen molar-refractivity contribution in [3.63, 3.8) is 0 Å². The predicted molar refractivity (Wildman–Crippen MR) is 338 cm³/mol. The number of hydrogen-bond acceptors (Lipinski definition) is 8. The number of hydrogen-bond donors (Lipinski definition) is 0. The van der Waals surface area contributed by atoms with Gasteiger partial charge in [-0.2, -0.15) is 0 Å². The minimum atomic E-state index is 0. The molecule has 0 heterocycles. The summed E-state index contributed by atoms with van der Waals surface area (Å²) < 4.78 is 1.77. The van der Waals surface area contributed by atoms with Crippen LogP contribution < -0.4 is 19.6 Å². The Balaban J connectivity index is 0.000000210. The Kier molecular flexibility index (Phi) is 24.6. The fourth-order valence-electron chi connectivity index (χ4n) is 7.82. The van der Waals surface area contributed by atoms with Gasteiger partial charge in [0.05, 0.1) is 0 Å². The van der Waals surface area contributed by atoms with E-state index in [0.29, 0.717) is 17.3 Å². The van der Waals surface area contributed by atoms with Crippen molar-refractivity contribution in [2.45, 2.75) is 55.4 Å². The van der Waals surface area contributed by atoms with Gasteiger partial charge in [-0.3, -0.25) is 0 Å². The van der Waals surface area contributed by atoms with Gasteiger partial charge in [0, 0.05) is 45.5 Å². The number of nitrogens with zero attached hydrogens (tertiary/aromatic N) is 4. The maximum Gasteiger partial charge on any atom is 4.00 e. The van der Waals surface area contributed by atoms with E-state index in [4.69, 9.17) is 99.4 Å². The third-order valence-corrected chi connectivity index (χ3v) is 13.0. The van der Waals surface area contributed by atoms with Gasteiger partial charge >= 0.3 is 21.1 Å². The van der Waals surface area contributed by atoms with Crippen molar-refractivity contribution in [2.75, 3.05) is 19.6 Å². The predicted octanol–water partition coefficient (Wildman–Crippen LogP) is 17.1. The molecular weight excluding hydrogens is 1130 g/mol. The molecule has 0 aliphatic heterocycles. The molecule has 13 heteroatoms. The molecule has 0 aliphatic rings. The Morgan fingerprint density at radius 3 is 0.411 bits per heavy atom. The number of aryl methyl sites for hydroxylation is 8. The zero-order valence-corrected chi connectivity index (χ0v) is 50.5. The fraction of sp³-hybridized carbons (Fsp3) is 0.133. The Morgan fingerprint density at radius 1 is 0.233 bits per heavy atom. The van der Waals surface area contributed by atoms with E-state index in [1.165, 1.54) is 0 Å². The monoisotopic (exact) mass is 1190 g/mol. The van der Waals surface area contributed by atoms with Crippen molar-refractivity contribution in [3.8, 4) is 0 Å². The maximum atomic E-state index is 5.24. The molecule has 0 N–H and O–H groups in total. The molecule has 0 saturated heterocycles. The van der Waals surface area contributed by atoms with Crippen LogP contribution in [0.5, 0.6) is 0 Å². The SMILES string of the molecule is Cc1ccccc1N(C(=S)[S-])c1ccccc1C.Cc1ccccc1N(C(=S)[S-])c1ccccc1C.Cc1ccccc1N(C(=S)[S-])c1ccccc1C.Cc1ccccc1N(C(=S)[S-])c1ccccc1C.[Mo+4]. The summed E-state index contributed by atoms with van der Waals surface area (Å²) in [6.45, 7) is 16.5. The third kappa shape index (κ3) is 16.4. The topological polar surface area (TPSA) is 13.0 Å². The Labute approximate surface area is 492 Å². The molecular formula is C60H56MoN4S8. The van der Waals surface area contributed by atoms with Crippen LogP contribution in [0.1, 0.15) is 44.5 Å². The van der Waals surface area contributed by atoms with Crippen molar-refractivity contribution >= 4 is 162 Å².